The molecule has 0 aliphatic heterocycles. The fourth-order valence-corrected chi connectivity index (χ4v) is 9.42. The number of hydrogen-bond donors (Lipinski definition) is 0. The number of rotatable bonds is 7. The minimum Gasteiger partial charge on any atom is -0.310 e. The lowest BCUT2D eigenvalue weighted by Crippen LogP contribution is -2.28. The van der Waals surface area contributed by atoms with E-state index in [0.717, 1.165) is 50.3 Å². The Kier molecular flexibility index (Phi) is 7.94. The topological polar surface area (TPSA) is 8.17 Å². The van der Waals surface area contributed by atoms with E-state index in [2.05, 4.69) is 210 Å². The Hall–Kier alpha value is -7.49. The minimum atomic E-state index is -0.494. The van der Waals surface area contributed by atoms with E-state index < -0.39 is 5.41 Å². The fraction of sp³-hybridized carbons (Fsp3) is 0.0182. The van der Waals surface area contributed by atoms with Gasteiger partial charge in [-0.25, -0.2) is 4.39 Å². The summed E-state index contributed by atoms with van der Waals surface area (Å²) in [5.41, 5.74) is 15.7. The van der Waals surface area contributed by atoms with E-state index in [1.807, 2.05) is 12.1 Å². The lowest BCUT2D eigenvalue weighted by atomic mass is 9.67. The fourth-order valence-electron chi connectivity index (χ4n) is 9.42. The van der Waals surface area contributed by atoms with Gasteiger partial charge in [0.15, 0.2) is 0 Å². The van der Waals surface area contributed by atoms with Crippen LogP contribution in [0, 0.1) is 5.82 Å². The van der Waals surface area contributed by atoms with Crippen LogP contribution in [0.15, 0.2) is 224 Å². The van der Waals surface area contributed by atoms with Crippen LogP contribution in [-0.2, 0) is 5.41 Å². The highest BCUT2D eigenvalue weighted by molar-refractivity contribution is 6.10. The first-order valence-electron chi connectivity index (χ1n) is 19.8. The Morgan fingerprint density at radius 2 is 0.931 bits per heavy atom. The van der Waals surface area contributed by atoms with Gasteiger partial charge in [0.1, 0.15) is 5.82 Å². The molecule has 0 saturated heterocycles. The average Bonchev–Trinajstić information content (AvgIpc) is 3.78. The van der Waals surface area contributed by atoms with Crippen LogP contribution in [0.2, 0.25) is 0 Å². The molecule has 3 heteroatoms. The molecular weight excluding hydrogens is 708 g/mol. The van der Waals surface area contributed by atoms with Crippen molar-refractivity contribution in [2.75, 3.05) is 4.90 Å². The van der Waals surface area contributed by atoms with Crippen LogP contribution in [-0.4, -0.2) is 4.57 Å². The molecule has 0 radical (unpaired) electrons. The summed E-state index contributed by atoms with van der Waals surface area (Å²) in [5.74, 6) is -0.244. The molecular formula is C55H37FN2. The molecule has 0 saturated carbocycles. The zero-order valence-electron chi connectivity index (χ0n) is 31.6. The normalized spacial score (nSPS) is 12.7. The van der Waals surface area contributed by atoms with Gasteiger partial charge in [-0.2, -0.15) is 0 Å². The molecule has 0 bridgehead atoms. The Bertz CT molecular complexity index is 3060. The highest BCUT2D eigenvalue weighted by Crippen LogP contribution is 2.57. The lowest BCUT2D eigenvalue weighted by Gasteiger charge is -2.35. The van der Waals surface area contributed by atoms with Gasteiger partial charge in [0.25, 0.3) is 0 Å². The van der Waals surface area contributed by atoms with Gasteiger partial charge in [-0.1, -0.05) is 152 Å². The average molecular weight is 745 g/mol. The molecule has 0 unspecified atom stereocenters. The van der Waals surface area contributed by atoms with Gasteiger partial charge in [0.05, 0.1) is 16.4 Å². The second kappa shape index (κ2) is 13.6. The van der Waals surface area contributed by atoms with E-state index in [4.69, 9.17) is 0 Å². The number of nitrogens with zero attached hydrogens (tertiary/aromatic N) is 2. The van der Waals surface area contributed by atoms with Crippen molar-refractivity contribution in [2.45, 2.75) is 5.41 Å². The predicted octanol–water partition coefficient (Wildman–Crippen LogP) is 14.4. The van der Waals surface area contributed by atoms with Gasteiger partial charge in [0.2, 0.25) is 0 Å². The van der Waals surface area contributed by atoms with Gasteiger partial charge in [0, 0.05) is 33.5 Å². The summed E-state index contributed by atoms with van der Waals surface area (Å²) in [5, 5.41) is 2.33. The third kappa shape index (κ3) is 5.24. The zero-order chi connectivity index (χ0) is 38.6. The number of para-hydroxylation sites is 2. The van der Waals surface area contributed by atoms with Crippen molar-refractivity contribution >= 4 is 38.9 Å². The maximum Gasteiger partial charge on any atom is 0.123 e. The zero-order valence-corrected chi connectivity index (χ0v) is 31.6. The molecule has 1 aromatic heterocycles. The van der Waals surface area contributed by atoms with Crippen LogP contribution in [0.4, 0.5) is 21.5 Å². The van der Waals surface area contributed by atoms with E-state index in [0.29, 0.717) is 0 Å². The van der Waals surface area contributed by atoms with Gasteiger partial charge < -0.3 is 9.47 Å². The predicted molar refractivity (Wildman–Crippen MR) is 238 cm³/mol. The SMILES string of the molecule is Fc1ccc(-n2c3ccccc3c3ccc(-c4ccc(N(c5ccccc5)c5ccc6c(c5)C(c5ccccc5)(c5ccccc5)c5ccccc5-6)cc4)cc32)cc1. The second-order valence-corrected chi connectivity index (χ2v) is 15.0. The van der Waals surface area contributed by atoms with Gasteiger partial charge >= 0.3 is 0 Å². The van der Waals surface area contributed by atoms with Crippen molar-refractivity contribution in [3.63, 3.8) is 0 Å². The third-order valence-corrected chi connectivity index (χ3v) is 11.9. The van der Waals surface area contributed by atoms with E-state index in [1.165, 1.54) is 50.9 Å². The van der Waals surface area contributed by atoms with Crippen molar-refractivity contribution in [3.8, 4) is 27.9 Å². The van der Waals surface area contributed by atoms with Crippen molar-refractivity contribution < 1.29 is 4.39 Å². The number of hydrogen-bond acceptors (Lipinski definition) is 1. The molecule has 274 valence electrons. The Morgan fingerprint density at radius 1 is 0.379 bits per heavy atom. The summed E-state index contributed by atoms with van der Waals surface area (Å²) in [7, 11) is 0. The van der Waals surface area contributed by atoms with E-state index >= 15 is 0 Å². The van der Waals surface area contributed by atoms with Crippen molar-refractivity contribution in [3.05, 3.63) is 253 Å². The van der Waals surface area contributed by atoms with Crippen LogP contribution in [0.5, 0.6) is 0 Å². The van der Waals surface area contributed by atoms with Gasteiger partial charge in [-0.3, -0.25) is 0 Å². The summed E-state index contributed by atoms with van der Waals surface area (Å²) >= 11 is 0. The van der Waals surface area contributed by atoms with E-state index in [1.54, 1.807) is 0 Å². The third-order valence-electron chi connectivity index (χ3n) is 11.9. The first-order chi connectivity index (χ1) is 28.7. The smallest absolute Gasteiger partial charge is 0.123 e. The van der Waals surface area contributed by atoms with Crippen LogP contribution >= 0.6 is 0 Å². The summed E-state index contributed by atoms with van der Waals surface area (Å²) in [6, 6.07) is 79.2. The van der Waals surface area contributed by atoms with Crippen LogP contribution < -0.4 is 4.90 Å². The highest BCUT2D eigenvalue weighted by atomic mass is 19.1. The summed E-state index contributed by atoms with van der Waals surface area (Å²) in [6.45, 7) is 0. The molecule has 0 amide bonds. The second-order valence-electron chi connectivity index (χ2n) is 15.0. The number of benzene rings is 9. The highest BCUT2D eigenvalue weighted by Gasteiger charge is 2.46. The van der Waals surface area contributed by atoms with Crippen molar-refractivity contribution in [1.82, 2.24) is 4.57 Å². The minimum absolute atomic E-state index is 0.244. The van der Waals surface area contributed by atoms with Gasteiger partial charge in [-0.05, 0) is 117 Å². The maximum absolute atomic E-state index is 14.0. The van der Waals surface area contributed by atoms with Crippen LogP contribution in [0.1, 0.15) is 22.3 Å². The van der Waals surface area contributed by atoms with Crippen molar-refractivity contribution in [1.29, 1.82) is 0 Å². The molecule has 0 N–H and O–H groups in total. The Morgan fingerprint density at radius 3 is 1.66 bits per heavy atom. The molecule has 58 heavy (non-hydrogen) atoms. The van der Waals surface area contributed by atoms with Crippen LogP contribution in [0.3, 0.4) is 0 Å². The molecule has 9 aromatic carbocycles. The monoisotopic (exact) mass is 744 g/mol. The number of aromatic nitrogens is 1. The lowest BCUT2D eigenvalue weighted by molar-refractivity contribution is 0.627. The Labute approximate surface area is 337 Å². The first kappa shape index (κ1) is 33.8. The summed E-state index contributed by atoms with van der Waals surface area (Å²) in [4.78, 5) is 2.36. The standard InChI is InChI=1S/C55H37FN2/c56-42-27-31-45(32-28-42)58-53-23-13-11-21-49(53)50-34-26-39(36-54(50)58)38-24-29-44(30-25-38)57(43-18-8-3-9-19-43)46-33-35-48-47-20-10-12-22-51(47)55(52(48)37-46,40-14-4-1-5-15-40)41-16-6-2-7-17-41/h1-37H. The summed E-state index contributed by atoms with van der Waals surface area (Å²) in [6.07, 6.45) is 0. The molecule has 0 fully saturated rings. The first-order valence-corrected chi connectivity index (χ1v) is 19.8. The van der Waals surface area contributed by atoms with E-state index in [9.17, 15) is 4.39 Å². The molecule has 1 aliphatic rings. The maximum atomic E-state index is 14.0. The largest absolute Gasteiger partial charge is 0.310 e. The molecule has 1 aliphatic carbocycles. The molecule has 1 heterocycles. The van der Waals surface area contributed by atoms with Crippen LogP contribution in [0.25, 0.3) is 49.7 Å². The molecule has 10 aromatic rings. The molecule has 0 atom stereocenters. The Balaban J connectivity index is 1.06. The molecule has 0 spiro atoms. The summed E-state index contributed by atoms with van der Waals surface area (Å²) < 4.78 is 16.3. The van der Waals surface area contributed by atoms with E-state index in [-0.39, 0.29) is 5.82 Å². The van der Waals surface area contributed by atoms with Crippen molar-refractivity contribution in [2.24, 2.45) is 0 Å². The molecule has 2 nitrogen and oxygen atoms in total. The number of anilines is 3. The van der Waals surface area contributed by atoms with Gasteiger partial charge in [-0.15, -0.1) is 0 Å². The number of fused-ring (bicyclic) bond motifs is 6. The quantitative estimate of drug-likeness (QED) is 0.158. The number of halogens is 1. The molecule has 11 rings (SSSR count).